The van der Waals surface area contributed by atoms with Gasteiger partial charge in [-0.1, -0.05) is 23.2 Å². The zero-order valence-electron chi connectivity index (χ0n) is 19.4. The third-order valence-electron chi connectivity index (χ3n) is 6.15. The molecule has 1 fully saturated rings. The van der Waals surface area contributed by atoms with Gasteiger partial charge in [0.2, 0.25) is 6.41 Å². The number of aliphatic hydroxyl groups excluding tert-OH is 1. The highest BCUT2D eigenvalue weighted by Gasteiger charge is 2.23. The average Bonchev–Trinajstić information content (AvgIpc) is 3.31. The molecular formula is C24H25Cl2N7O3. The second kappa shape index (κ2) is 10.6. The largest absolute Gasteiger partial charge is 0.471 e. The molecule has 5 rings (SSSR count). The lowest BCUT2D eigenvalue weighted by atomic mass is 10.1. The van der Waals surface area contributed by atoms with E-state index >= 15 is 0 Å². The van der Waals surface area contributed by atoms with E-state index in [2.05, 4.69) is 25.1 Å². The number of rotatable bonds is 7. The van der Waals surface area contributed by atoms with Crippen molar-refractivity contribution in [3.05, 3.63) is 64.5 Å². The van der Waals surface area contributed by atoms with Crippen LogP contribution in [0.15, 0.2) is 48.9 Å². The molecule has 12 heteroatoms. The van der Waals surface area contributed by atoms with Gasteiger partial charge in [-0.2, -0.15) is 5.10 Å². The molecule has 188 valence electrons. The Balaban J connectivity index is 1.33. The van der Waals surface area contributed by atoms with Crippen molar-refractivity contribution in [1.29, 1.82) is 0 Å². The zero-order chi connectivity index (χ0) is 25.2. The summed E-state index contributed by atoms with van der Waals surface area (Å²) in [6.45, 7) is 2.85. The number of aromatic nitrogens is 4. The zero-order valence-corrected chi connectivity index (χ0v) is 20.9. The molecule has 3 aromatic heterocycles. The molecule has 1 aromatic carbocycles. The first kappa shape index (κ1) is 24.7. The molecule has 10 nitrogen and oxygen atoms in total. The van der Waals surface area contributed by atoms with Gasteiger partial charge in [0.25, 0.3) is 0 Å². The van der Waals surface area contributed by atoms with E-state index < -0.39 is 12.6 Å². The molecule has 1 unspecified atom stereocenters. The Morgan fingerprint density at radius 1 is 1.06 bits per heavy atom. The number of pyridine rings is 2. The summed E-state index contributed by atoms with van der Waals surface area (Å²) in [5.41, 5.74) is 9.16. The van der Waals surface area contributed by atoms with Gasteiger partial charge < -0.3 is 19.5 Å². The Labute approximate surface area is 217 Å². The Morgan fingerprint density at radius 2 is 1.81 bits per heavy atom. The highest BCUT2D eigenvalue weighted by molar-refractivity contribution is 6.35. The lowest BCUT2D eigenvalue weighted by Gasteiger charge is -2.36. The molecule has 0 aliphatic carbocycles. The highest BCUT2D eigenvalue weighted by Crippen LogP contribution is 2.33. The van der Waals surface area contributed by atoms with E-state index in [1.165, 1.54) is 19.5 Å². The number of H-pyrrole nitrogens is 1. The van der Waals surface area contributed by atoms with Crippen LogP contribution in [0.25, 0.3) is 22.2 Å². The second-order valence-corrected chi connectivity index (χ2v) is 9.14. The number of aromatic amines is 1. The number of methoxy groups -OCH3 is 1. The number of ether oxygens (including phenoxy) is 2. The maximum absolute atomic E-state index is 9.85. The maximum Gasteiger partial charge on any atom is 0.215 e. The first-order valence-corrected chi connectivity index (χ1v) is 12.1. The smallest absolute Gasteiger partial charge is 0.215 e. The van der Waals surface area contributed by atoms with Crippen LogP contribution in [0.3, 0.4) is 0 Å². The summed E-state index contributed by atoms with van der Waals surface area (Å²) in [6, 6.07) is 9.51. The van der Waals surface area contributed by atoms with Crippen LogP contribution in [-0.2, 0) is 4.74 Å². The molecule has 1 aliphatic heterocycles. The van der Waals surface area contributed by atoms with E-state index in [4.69, 9.17) is 38.4 Å². The van der Waals surface area contributed by atoms with Gasteiger partial charge in [0.15, 0.2) is 6.23 Å². The topological polar surface area (TPSA) is 126 Å². The first-order valence-electron chi connectivity index (χ1n) is 11.3. The summed E-state index contributed by atoms with van der Waals surface area (Å²) in [6.07, 6.45) is 3.01. The minimum absolute atomic E-state index is 0.336. The molecule has 0 amide bonds. The van der Waals surface area contributed by atoms with Crippen LogP contribution in [0.1, 0.15) is 11.8 Å². The van der Waals surface area contributed by atoms with Crippen LogP contribution in [0.4, 0.5) is 5.82 Å². The average molecular weight is 530 g/mol. The van der Waals surface area contributed by atoms with Crippen molar-refractivity contribution < 1.29 is 14.6 Å². The standard InChI is InChI=1S/C24H25Cl2N7O3/c1-35-24(34)33-8-6-32(7-9-33)20-5-2-14(11-29-20)22-16-10-15(3-4-19(16)30-31-22)36-23(27)21-17(25)12-28-13-18(21)26/h2-5,10-13,23-24,34H,6-9,27H2,1H3,(H,30,31)/t23-,24?/m0/s1. The van der Waals surface area contributed by atoms with Crippen LogP contribution in [0.2, 0.25) is 10.0 Å². The molecule has 2 atom stereocenters. The van der Waals surface area contributed by atoms with Crippen molar-refractivity contribution in [2.75, 3.05) is 38.2 Å². The van der Waals surface area contributed by atoms with Gasteiger partial charge in [0, 0.05) is 68.4 Å². The molecule has 4 N–H and O–H groups in total. The number of aliphatic hydroxyl groups is 1. The van der Waals surface area contributed by atoms with E-state index in [-0.39, 0.29) is 0 Å². The van der Waals surface area contributed by atoms with Crippen LogP contribution in [-0.4, -0.2) is 69.9 Å². The Morgan fingerprint density at radius 3 is 2.47 bits per heavy atom. The predicted octanol–water partition coefficient (Wildman–Crippen LogP) is 3.41. The third kappa shape index (κ3) is 4.96. The summed E-state index contributed by atoms with van der Waals surface area (Å²) >= 11 is 12.4. The Kier molecular flexibility index (Phi) is 7.24. The van der Waals surface area contributed by atoms with Crippen molar-refractivity contribution in [2.24, 2.45) is 5.73 Å². The molecule has 4 aromatic rings. The number of anilines is 1. The molecular weight excluding hydrogens is 505 g/mol. The quantitative estimate of drug-likeness (QED) is 0.308. The van der Waals surface area contributed by atoms with E-state index in [0.717, 1.165) is 41.1 Å². The minimum Gasteiger partial charge on any atom is -0.471 e. The van der Waals surface area contributed by atoms with Crippen LogP contribution in [0, 0.1) is 0 Å². The summed E-state index contributed by atoms with van der Waals surface area (Å²) in [5, 5.41) is 18.9. The van der Waals surface area contributed by atoms with Crippen molar-refractivity contribution >= 4 is 39.9 Å². The number of benzene rings is 1. The molecule has 1 saturated heterocycles. The fourth-order valence-electron chi connectivity index (χ4n) is 4.22. The predicted molar refractivity (Wildman–Crippen MR) is 138 cm³/mol. The van der Waals surface area contributed by atoms with E-state index in [1.807, 2.05) is 29.2 Å². The summed E-state index contributed by atoms with van der Waals surface area (Å²) < 4.78 is 10.9. The number of fused-ring (bicyclic) bond motifs is 1. The number of halogens is 2. The van der Waals surface area contributed by atoms with Gasteiger partial charge in [0.05, 0.1) is 15.6 Å². The number of nitrogens with two attached hydrogens (primary N) is 1. The molecule has 0 saturated carbocycles. The monoisotopic (exact) mass is 529 g/mol. The van der Waals surface area contributed by atoms with Gasteiger partial charge in [-0.3, -0.25) is 20.7 Å². The summed E-state index contributed by atoms with van der Waals surface area (Å²) in [7, 11) is 1.49. The summed E-state index contributed by atoms with van der Waals surface area (Å²) in [5.74, 6) is 1.41. The highest BCUT2D eigenvalue weighted by atomic mass is 35.5. The minimum atomic E-state index is -0.877. The van der Waals surface area contributed by atoms with Gasteiger partial charge in [-0.05, 0) is 30.3 Å². The number of nitrogens with one attached hydrogen (secondary N) is 1. The molecule has 0 radical (unpaired) electrons. The first-order chi connectivity index (χ1) is 17.4. The lowest BCUT2D eigenvalue weighted by molar-refractivity contribution is -0.177. The number of hydrogen-bond acceptors (Lipinski definition) is 9. The van der Waals surface area contributed by atoms with Crippen LogP contribution >= 0.6 is 23.2 Å². The number of nitrogens with zero attached hydrogens (tertiary/aromatic N) is 5. The van der Waals surface area contributed by atoms with E-state index in [1.54, 1.807) is 12.3 Å². The molecule has 0 spiro atoms. The second-order valence-electron chi connectivity index (χ2n) is 8.32. The van der Waals surface area contributed by atoms with Gasteiger partial charge >= 0.3 is 0 Å². The van der Waals surface area contributed by atoms with Crippen molar-refractivity contribution in [2.45, 2.75) is 12.6 Å². The Hall–Kier alpha value is -2.99. The van der Waals surface area contributed by atoms with Crippen LogP contribution < -0.4 is 15.4 Å². The molecule has 1 aliphatic rings. The van der Waals surface area contributed by atoms with Gasteiger partial charge in [0.1, 0.15) is 17.3 Å². The number of piperazine rings is 1. The number of hydrogen-bond donors (Lipinski definition) is 3. The molecule has 36 heavy (non-hydrogen) atoms. The molecule has 0 bridgehead atoms. The van der Waals surface area contributed by atoms with E-state index in [0.29, 0.717) is 34.4 Å². The van der Waals surface area contributed by atoms with E-state index in [9.17, 15) is 5.11 Å². The fraction of sp³-hybridized carbons (Fsp3) is 0.292. The summed E-state index contributed by atoms with van der Waals surface area (Å²) in [4.78, 5) is 12.7. The normalized spacial score (nSPS) is 16.3. The van der Waals surface area contributed by atoms with Crippen molar-refractivity contribution in [3.63, 3.8) is 0 Å². The Bertz CT molecular complexity index is 1320. The van der Waals surface area contributed by atoms with Crippen molar-refractivity contribution in [1.82, 2.24) is 25.1 Å². The van der Waals surface area contributed by atoms with Crippen molar-refractivity contribution in [3.8, 4) is 17.0 Å². The third-order valence-corrected chi connectivity index (χ3v) is 6.76. The SMILES string of the molecule is COC(O)N1CCN(c2ccc(-c3n[nH]c4ccc(O[C@H](N)c5c(Cl)cncc5Cl)cc34)cn2)CC1. The van der Waals surface area contributed by atoms with Crippen LogP contribution in [0.5, 0.6) is 5.75 Å². The van der Waals surface area contributed by atoms with Gasteiger partial charge in [-0.25, -0.2) is 4.98 Å². The van der Waals surface area contributed by atoms with Gasteiger partial charge in [-0.15, -0.1) is 0 Å². The maximum atomic E-state index is 9.85. The lowest BCUT2D eigenvalue weighted by Crippen LogP contribution is -2.51. The molecule has 4 heterocycles. The fourth-order valence-corrected chi connectivity index (χ4v) is 4.80.